The largest absolute Gasteiger partial charge is 0.508 e. The van der Waals surface area contributed by atoms with Gasteiger partial charge in [0.25, 0.3) is 0 Å². The van der Waals surface area contributed by atoms with Crippen LogP contribution in [0.2, 0.25) is 0 Å². The Bertz CT molecular complexity index is 826. The molecule has 0 saturated carbocycles. The molecule has 0 atom stereocenters. The molecule has 0 radical (unpaired) electrons. The lowest BCUT2D eigenvalue weighted by atomic mass is 9.87. The number of nitrogens with two attached hydrogens (primary N) is 1. The first-order valence-corrected chi connectivity index (χ1v) is 9.15. The van der Waals surface area contributed by atoms with Crippen molar-refractivity contribution in [2.24, 2.45) is 0 Å². The van der Waals surface area contributed by atoms with Crippen LogP contribution in [-0.2, 0) is 4.74 Å². The summed E-state index contributed by atoms with van der Waals surface area (Å²) in [6.45, 7) is 4.57. The standard InChI is InChI=1S/C20H24N4O2/c1-2-13-11-24(15-7-9-26-10-8-15)20-18(19(21)22-12-23-20)17(13)14-3-5-16(25)6-4-14/h3-6,12,15,25H,2,7-11H2,1H3,(H2,21,22,23). The van der Waals surface area contributed by atoms with Crippen molar-refractivity contribution in [2.45, 2.75) is 32.2 Å². The van der Waals surface area contributed by atoms with Crippen molar-refractivity contribution in [3.05, 3.63) is 47.3 Å². The topological polar surface area (TPSA) is 84.5 Å². The average molecular weight is 352 g/mol. The number of hydrogen-bond donors (Lipinski definition) is 2. The number of anilines is 2. The number of ether oxygens (including phenoxy) is 1. The molecule has 1 aromatic heterocycles. The maximum absolute atomic E-state index is 9.65. The molecule has 0 amide bonds. The molecule has 1 saturated heterocycles. The van der Waals surface area contributed by atoms with E-state index in [4.69, 9.17) is 10.5 Å². The first kappa shape index (κ1) is 16.8. The van der Waals surface area contributed by atoms with Crippen molar-refractivity contribution in [1.82, 2.24) is 9.97 Å². The van der Waals surface area contributed by atoms with Gasteiger partial charge in [0.05, 0.1) is 5.56 Å². The van der Waals surface area contributed by atoms with E-state index >= 15 is 0 Å². The third-order valence-corrected chi connectivity index (χ3v) is 5.31. The van der Waals surface area contributed by atoms with Crippen LogP contribution < -0.4 is 10.6 Å². The van der Waals surface area contributed by atoms with Gasteiger partial charge in [-0.3, -0.25) is 0 Å². The smallest absolute Gasteiger partial charge is 0.142 e. The summed E-state index contributed by atoms with van der Waals surface area (Å²) >= 11 is 0. The van der Waals surface area contributed by atoms with Crippen LogP contribution in [0.25, 0.3) is 5.57 Å². The molecule has 1 aromatic carbocycles. The number of phenolic OH excluding ortho intramolecular Hbond substituents is 1. The number of phenols is 1. The highest BCUT2D eigenvalue weighted by molar-refractivity contribution is 5.94. The summed E-state index contributed by atoms with van der Waals surface area (Å²) in [7, 11) is 0. The Kier molecular flexibility index (Phi) is 4.51. The zero-order chi connectivity index (χ0) is 18.1. The van der Waals surface area contributed by atoms with Crippen LogP contribution >= 0.6 is 0 Å². The number of benzene rings is 1. The molecule has 0 bridgehead atoms. The summed E-state index contributed by atoms with van der Waals surface area (Å²) < 4.78 is 5.54. The monoisotopic (exact) mass is 352 g/mol. The molecule has 2 aliphatic heterocycles. The predicted molar refractivity (Wildman–Crippen MR) is 102 cm³/mol. The van der Waals surface area contributed by atoms with Crippen molar-refractivity contribution in [3.8, 4) is 5.75 Å². The fourth-order valence-corrected chi connectivity index (χ4v) is 3.95. The number of fused-ring (bicyclic) bond motifs is 1. The number of rotatable bonds is 3. The van der Waals surface area contributed by atoms with Gasteiger partial charge in [-0.15, -0.1) is 0 Å². The molecule has 3 heterocycles. The van der Waals surface area contributed by atoms with Gasteiger partial charge < -0.3 is 20.5 Å². The first-order valence-electron chi connectivity index (χ1n) is 9.15. The van der Waals surface area contributed by atoms with E-state index in [-0.39, 0.29) is 5.75 Å². The van der Waals surface area contributed by atoms with Crippen LogP contribution in [0.4, 0.5) is 11.6 Å². The normalized spacial score (nSPS) is 18.1. The van der Waals surface area contributed by atoms with Crippen LogP contribution in [0, 0.1) is 0 Å². The number of nitrogens with zero attached hydrogens (tertiary/aromatic N) is 3. The van der Waals surface area contributed by atoms with Gasteiger partial charge >= 0.3 is 0 Å². The molecule has 1 fully saturated rings. The molecule has 26 heavy (non-hydrogen) atoms. The van der Waals surface area contributed by atoms with Gasteiger partial charge in [-0.1, -0.05) is 19.1 Å². The Morgan fingerprint density at radius 1 is 1.19 bits per heavy atom. The van der Waals surface area contributed by atoms with Gasteiger partial charge in [-0.2, -0.15) is 0 Å². The van der Waals surface area contributed by atoms with Crippen molar-refractivity contribution < 1.29 is 9.84 Å². The summed E-state index contributed by atoms with van der Waals surface area (Å²) in [4.78, 5) is 11.2. The van der Waals surface area contributed by atoms with Crippen molar-refractivity contribution >= 4 is 17.2 Å². The molecular formula is C20H24N4O2. The predicted octanol–water partition coefficient (Wildman–Crippen LogP) is 2.98. The number of hydrogen-bond acceptors (Lipinski definition) is 6. The van der Waals surface area contributed by atoms with Crippen LogP contribution in [0.5, 0.6) is 5.75 Å². The molecule has 0 unspecified atom stereocenters. The Balaban J connectivity index is 1.86. The van der Waals surface area contributed by atoms with E-state index in [9.17, 15) is 5.11 Å². The van der Waals surface area contributed by atoms with E-state index in [0.29, 0.717) is 11.9 Å². The third-order valence-electron chi connectivity index (χ3n) is 5.31. The SMILES string of the molecule is CCC1=C(c2ccc(O)cc2)c2c(N)ncnc2N(C2CCOCC2)C1. The van der Waals surface area contributed by atoms with Crippen LogP contribution in [0.15, 0.2) is 36.2 Å². The lowest BCUT2D eigenvalue weighted by molar-refractivity contribution is 0.0845. The highest BCUT2D eigenvalue weighted by Gasteiger charge is 2.32. The van der Waals surface area contributed by atoms with E-state index in [1.54, 1.807) is 18.5 Å². The molecule has 0 spiro atoms. The fourth-order valence-electron chi connectivity index (χ4n) is 3.95. The minimum atomic E-state index is 0.254. The molecule has 2 aromatic rings. The van der Waals surface area contributed by atoms with Gasteiger partial charge in [-0.25, -0.2) is 9.97 Å². The van der Waals surface area contributed by atoms with E-state index < -0.39 is 0 Å². The second-order valence-corrected chi connectivity index (χ2v) is 6.81. The molecule has 6 nitrogen and oxygen atoms in total. The Hall–Kier alpha value is -2.60. The average Bonchev–Trinajstić information content (AvgIpc) is 2.68. The second kappa shape index (κ2) is 6.96. The van der Waals surface area contributed by atoms with Gasteiger partial charge in [0.15, 0.2) is 0 Å². The summed E-state index contributed by atoms with van der Waals surface area (Å²) in [5.74, 6) is 1.66. The van der Waals surface area contributed by atoms with E-state index in [0.717, 1.165) is 61.5 Å². The van der Waals surface area contributed by atoms with Gasteiger partial charge in [0, 0.05) is 25.8 Å². The van der Waals surface area contributed by atoms with Crippen molar-refractivity contribution in [1.29, 1.82) is 0 Å². The van der Waals surface area contributed by atoms with E-state index in [2.05, 4.69) is 21.8 Å². The molecule has 0 aliphatic carbocycles. The Morgan fingerprint density at radius 3 is 2.62 bits per heavy atom. The summed E-state index contributed by atoms with van der Waals surface area (Å²) in [5, 5.41) is 9.65. The molecule has 4 rings (SSSR count). The summed E-state index contributed by atoms with van der Waals surface area (Å²) in [6, 6.07) is 7.68. The fraction of sp³-hybridized carbons (Fsp3) is 0.400. The zero-order valence-electron chi connectivity index (χ0n) is 15.0. The zero-order valence-corrected chi connectivity index (χ0v) is 15.0. The number of nitrogen functional groups attached to an aromatic ring is 1. The second-order valence-electron chi connectivity index (χ2n) is 6.81. The van der Waals surface area contributed by atoms with Crippen LogP contribution in [0.3, 0.4) is 0 Å². The minimum Gasteiger partial charge on any atom is -0.508 e. The number of aromatic hydroxyl groups is 1. The molecule has 2 aliphatic rings. The summed E-state index contributed by atoms with van der Waals surface area (Å²) in [5.41, 5.74) is 10.7. The number of aromatic nitrogens is 2. The highest BCUT2D eigenvalue weighted by Crippen LogP contribution is 2.42. The quantitative estimate of drug-likeness (QED) is 0.883. The van der Waals surface area contributed by atoms with Gasteiger partial charge in [0.1, 0.15) is 23.7 Å². The molecule has 6 heteroatoms. The Labute approximate surface area is 153 Å². The highest BCUT2D eigenvalue weighted by atomic mass is 16.5. The first-order chi connectivity index (χ1) is 12.7. The van der Waals surface area contributed by atoms with Crippen molar-refractivity contribution in [2.75, 3.05) is 30.4 Å². The van der Waals surface area contributed by atoms with Crippen molar-refractivity contribution in [3.63, 3.8) is 0 Å². The molecule has 136 valence electrons. The van der Waals surface area contributed by atoms with E-state index in [1.165, 1.54) is 5.57 Å². The molecular weight excluding hydrogens is 328 g/mol. The van der Waals surface area contributed by atoms with Crippen LogP contribution in [0.1, 0.15) is 37.3 Å². The third kappa shape index (κ3) is 2.90. The van der Waals surface area contributed by atoms with Gasteiger partial charge in [0.2, 0.25) is 0 Å². The minimum absolute atomic E-state index is 0.254. The maximum atomic E-state index is 9.65. The lowest BCUT2D eigenvalue weighted by Crippen LogP contribution is -2.43. The van der Waals surface area contributed by atoms with Gasteiger partial charge in [-0.05, 0) is 48.1 Å². The Morgan fingerprint density at radius 2 is 1.92 bits per heavy atom. The summed E-state index contributed by atoms with van der Waals surface area (Å²) in [6.07, 6.45) is 4.46. The maximum Gasteiger partial charge on any atom is 0.142 e. The van der Waals surface area contributed by atoms with E-state index in [1.807, 2.05) is 12.1 Å². The van der Waals surface area contributed by atoms with Crippen LogP contribution in [-0.4, -0.2) is 40.9 Å². The molecule has 3 N–H and O–H groups in total. The lowest BCUT2D eigenvalue weighted by Gasteiger charge is -2.40.